The molecule has 0 aromatic heterocycles. The number of methoxy groups -OCH3 is 1. The molecule has 0 saturated carbocycles. The predicted molar refractivity (Wildman–Crippen MR) is 216 cm³/mol. The van der Waals surface area contributed by atoms with Crippen LogP contribution in [0.5, 0.6) is 5.75 Å². The van der Waals surface area contributed by atoms with Crippen LogP contribution in [-0.2, 0) is 42.9 Å². The van der Waals surface area contributed by atoms with Gasteiger partial charge in [0.05, 0.1) is 43.5 Å². The van der Waals surface area contributed by atoms with Gasteiger partial charge in [-0.15, -0.1) is 11.8 Å². The van der Waals surface area contributed by atoms with Gasteiger partial charge in [0.25, 0.3) is 11.6 Å². The Morgan fingerprint density at radius 3 is 2.32 bits per heavy atom. The van der Waals surface area contributed by atoms with Crippen molar-refractivity contribution in [2.24, 2.45) is 0 Å². The van der Waals surface area contributed by atoms with Crippen LogP contribution >= 0.6 is 23.5 Å². The highest BCUT2D eigenvalue weighted by atomic mass is 32.2. The predicted octanol–water partition coefficient (Wildman–Crippen LogP) is -1.81. The molecule has 3 amide bonds. The molecule has 22 nitrogen and oxygen atoms in total. The number of nitro benzene ring substituents is 1. The Kier molecular flexibility index (Phi) is 22.2. The molecule has 0 aliphatic carbocycles. The Morgan fingerprint density at radius 2 is 1.69 bits per heavy atom. The van der Waals surface area contributed by atoms with Crippen molar-refractivity contribution >= 4 is 58.9 Å². The number of non-ortho nitro benzene ring substituents is 1. The molecular weight excluding hydrogens is 872 g/mol. The van der Waals surface area contributed by atoms with E-state index >= 15 is 0 Å². The number of esters is 2. The summed E-state index contributed by atoms with van der Waals surface area (Å²) >= 11 is 2.11. The molecule has 2 aliphatic heterocycles. The van der Waals surface area contributed by atoms with Crippen LogP contribution in [0.25, 0.3) is 0 Å². The summed E-state index contributed by atoms with van der Waals surface area (Å²) in [5, 5.41) is 81.7. The van der Waals surface area contributed by atoms with Gasteiger partial charge in [0.1, 0.15) is 42.3 Å². The minimum Gasteiger partial charge on any atom is -0.466 e. The number of thioether (sulfide) groups is 2. The van der Waals surface area contributed by atoms with Crippen molar-refractivity contribution in [2.75, 3.05) is 50.8 Å². The molecular formula is C37H55FN4O18S2. The summed E-state index contributed by atoms with van der Waals surface area (Å²) in [4.78, 5) is 69.4. The van der Waals surface area contributed by atoms with E-state index in [1.54, 1.807) is 0 Å². The lowest BCUT2D eigenvalue weighted by atomic mass is 9.89. The van der Waals surface area contributed by atoms with Gasteiger partial charge in [-0.1, -0.05) is 0 Å². The van der Waals surface area contributed by atoms with Crippen LogP contribution in [0.1, 0.15) is 45.4 Å². The monoisotopic (exact) mass is 926 g/mol. The normalized spacial score (nSPS) is 27.0. The largest absolute Gasteiger partial charge is 0.466 e. The summed E-state index contributed by atoms with van der Waals surface area (Å²) in [5.41, 5.74) is -0.134. The van der Waals surface area contributed by atoms with Crippen molar-refractivity contribution in [1.82, 2.24) is 16.0 Å². The molecule has 0 unspecified atom stereocenters. The minimum absolute atomic E-state index is 0.0000179. The Bertz CT molecular complexity index is 1640. The number of amides is 3. The number of nitrogens with one attached hydrogen (secondary N) is 3. The third-order valence-corrected chi connectivity index (χ3v) is 12.0. The second-order valence-electron chi connectivity index (χ2n) is 14.2. The third kappa shape index (κ3) is 15.8. The molecule has 9 N–H and O–H groups in total. The molecule has 1 aromatic rings. The van der Waals surface area contributed by atoms with E-state index in [0.717, 1.165) is 14.0 Å². The number of ether oxygens (including phenoxy) is 5. The average molecular weight is 927 g/mol. The maximum Gasteiger partial charge on any atom is 0.348 e. The molecule has 62 heavy (non-hydrogen) atoms. The zero-order valence-electron chi connectivity index (χ0n) is 34.0. The van der Waals surface area contributed by atoms with Gasteiger partial charge in [-0.3, -0.25) is 29.3 Å². The van der Waals surface area contributed by atoms with E-state index in [1.807, 2.05) is 0 Å². The quantitative estimate of drug-likeness (QED) is 0.0172. The van der Waals surface area contributed by atoms with Crippen LogP contribution in [-0.4, -0.2) is 182 Å². The van der Waals surface area contributed by atoms with Crippen LogP contribution < -0.4 is 20.7 Å². The lowest BCUT2D eigenvalue weighted by Gasteiger charge is -2.48. The van der Waals surface area contributed by atoms with Crippen LogP contribution in [0.2, 0.25) is 0 Å². The summed E-state index contributed by atoms with van der Waals surface area (Å²) in [6.07, 6.45) is -12.4. The lowest BCUT2D eigenvalue weighted by Crippen LogP contribution is -2.67. The highest BCUT2D eigenvalue weighted by molar-refractivity contribution is 8.01. The van der Waals surface area contributed by atoms with Gasteiger partial charge in [-0.25, -0.2) is 9.18 Å². The van der Waals surface area contributed by atoms with Gasteiger partial charge < -0.3 is 70.3 Å². The zero-order chi connectivity index (χ0) is 46.0. The first-order valence-electron chi connectivity index (χ1n) is 19.6. The molecule has 11 atom stereocenters. The van der Waals surface area contributed by atoms with E-state index in [0.29, 0.717) is 49.1 Å². The van der Waals surface area contributed by atoms with Crippen molar-refractivity contribution in [2.45, 2.75) is 111 Å². The number of rotatable bonds is 25. The number of halogens is 1. The lowest BCUT2D eigenvalue weighted by molar-refractivity contribution is -0.384. The molecule has 2 fully saturated rings. The topological polar surface area (TPSA) is 332 Å². The second-order valence-corrected chi connectivity index (χ2v) is 16.8. The molecule has 0 bridgehead atoms. The SMILES string of the molecule is COC(=O)[C@@]1(SC[C@H]2O[C@H](OCCCSCCNC(=O)CCCCC(=O)Oc3ccc([N+](=O)[O-])cc3)[C@H](NC(=O)CF)[C@@H](O)[C@H]2O)C[C@H](O)[C@@H](NC(C)=O)[C@H]([C@H](O)[C@H](O)CO)O1. The molecule has 0 radical (unpaired) electrons. The van der Waals surface area contributed by atoms with Gasteiger partial charge in [-0.05, 0) is 37.1 Å². The number of nitrogens with zero attached hydrogens (tertiary/aromatic N) is 1. The average Bonchev–Trinajstić information content (AvgIpc) is 3.24. The molecule has 2 saturated heterocycles. The maximum absolute atomic E-state index is 13.2. The number of aliphatic hydroxyl groups is 6. The first-order chi connectivity index (χ1) is 29.5. The van der Waals surface area contributed by atoms with Crippen LogP contribution in [0.3, 0.4) is 0 Å². The van der Waals surface area contributed by atoms with Crippen molar-refractivity contribution < 1.29 is 87.6 Å². The van der Waals surface area contributed by atoms with Crippen LogP contribution in [0.4, 0.5) is 10.1 Å². The number of hydrogen-bond donors (Lipinski definition) is 9. The first kappa shape index (κ1) is 52.6. The Hall–Kier alpha value is -3.76. The van der Waals surface area contributed by atoms with Gasteiger partial charge in [0.2, 0.25) is 16.7 Å². The van der Waals surface area contributed by atoms with Crippen LogP contribution in [0.15, 0.2) is 24.3 Å². The molecule has 3 rings (SSSR count). The summed E-state index contributed by atoms with van der Waals surface area (Å²) in [5.74, 6) is -2.71. The molecule has 350 valence electrons. The standard InChI is InChI=1S/C37H55FN4O18S2/c1-20(44)40-29-23(45)16-37(36(53)56-2,60-34(29)31(50)24(46)18-43)62-19-25-32(51)33(52)30(41-27(48)17-38)35(59-25)57-13-5-14-61-15-12-39-26(47)6-3-4-7-28(49)58-22-10-8-21(9-11-22)42(54)55/h8-11,23-25,29-35,43,45-46,50-52H,3-7,12-19H2,1-2H3,(H,39,47)(H,40,44)(H,41,48)/t23-,24+,25+,29+,30+,31+,32-,33+,34+,35-,37-/m0/s1. The summed E-state index contributed by atoms with van der Waals surface area (Å²) < 4.78 is 41.0. The third-order valence-electron chi connectivity index (χ3n) is 9.59. The van der Waals surface area contributed by atoms with E-state index in [-0.39, 0.29) is 42.5 Å². The Labute approximate surface area is 364 Å². The van der Waals surface area contributed by atoms with Crippen molar-refractivity contribution in [3.63, 3.8) is 0 Å². The molecule has 25 heteroatoms. The number of nitro groups is 1. The zero-order valence-corrected chi connectivity index (χ0v) is 35.6. The second kappa shape index (κ2) is 26.1. The fourth-order valence-electron chi connectivity index (χ4n) is 6.42. The number of carbonyl (C=O) groups is 5. The molecule has 2 heterocycles. The smallest absolute Gasteiger partial charge is 0.348 e. The Morgan fingerprint density at radius 1 is 1.00 bits per heavy atom. The Balaban J connectivity index is 1.49. The minimum atomic E-state index is -2.15. The highest BCUT2D eigenvalue weighted by Gasteiger charge is 2.56. The number of unbranched alkanes of at least 4 members (excludes halogenated alkanes) is 1. The van der Waals surface area contributed by atoms with E-state index < -0.39 is 114 Å². The molecule has 2 aliphatic rings. The van der Waals surface area contributed by atoms with Crippen LogP contribution in [0, 0.1) is 10.1 Å². The number of aliphatic hydroxyl groups excluding tert-OH is 6. The van der Waals surface area contributed by atoms with E-state index in [1.165, 1.54) is 36.0 Å². The van der Waals surface area contributed by atoms with Gasteiger partial charge in [0, 0.05) is 56.4 Å². The van der Waals surface area contributed by atoms with E-state index in [2.05, 4.69) is 16.0 Å². The van der Waals surface area contributed by atoms with Gasteiger partial charge in [0.15, 0.2) is 13.0 Å². The first-order valence-corrected chi connectivity index (χ1v) is 21.7. The fourth-order valence-corrected chi connectivity index (χ4v) is 8.57. The van der Waals surface area contributed by atoms with Crippen molar-refractivity contribution in [3.8, 4) is 5.75 Å². The number of benzene rings is 1. The van der Waals surface area contributed by atoms with Gasteiger partial charge >= 0.3 is 11.9 Å². The number of hydrogen-bond acceptors (Lipinski definition) is 20. The summed E-state index contributed by atoms with van der Waals surface area (Å²) in [6.45, 7) is -0.915. The van der Waals surface area contributed by atoms with Gasteiger partial charge in [-0.2, -0.15) is 11.8 Å². The number of carbonyl (C=O) groups excluding carboxylic acids is 5. The maximum atomic E-state index is 13.2. The van der Waals surface area contributed by atoms with Crippen molar-refractivity contribution in [3.05, 3.63) is 34.4 Å². The van der Waals surface area contributed by atoms with Crippen molar-refractivity contribution in [1.29, 1.82) is 0 Å². The summed E-state index contributed by atoms with van der Waals surface area (Å²) in [6, 6.07) is 2.30. The molecule has 1 aromatic carbocycles. The molecule has 0 spiro atoms. The summed E-state index contributed by atoms with van der Waals surface area (Å²) in [7, 11) is 1.02. The van der Waals surface area contributed by atoms with E-state index in [9.17, 15) is 69.1 Å². The fraction of sp³-hybridized carbons (Fsp3) is 0.703. The van der Waals surface area contributed by atoms with E-state index in [4.69, 9.17) is 23.7 Å². The number of alkyl halides is 1. The highest BCUT2D eigenvalue weighted by Crippen LogP contribution is 2.42.